The Morgan fingerprint density at radius 3 is 2.81 bits per heavy atom. The first kappa shape index (κ1) is 21.1. The third-order valence-electron chi connectivity index (χ3n) is 5.70. The van der Waals surface area contributed by atoms with Gasteiger partial charge in [-0.25, -0.2) is 9.97 Å². The molecule has 1 saturated carbocycles. The molecule has 9 heteroatoms. The van der Waals surface area contributed by atoms with Gasteiger partial charge in [0.05, 0.1) is 11.6 Å². The first-order valence-corrected chi connectivity index (χ1v) is 10.4. The molecule has 1 atom stereocenters. The Hall–Kier alpha value is -3.10. The summed E-state index contributed by atoms with van der Waals surface area (Å²) in [6.45, 7) is 2.39. The quantitative estimate of drug-likeness (QED) is 0.586. The number of hydrogen-bond donors (Lipinski definition) is 2. The van der Waals surface area contributed by atoms with Crippen molar-refractivity contribution >= 4 is 17.4 Å². The Bertz CT molecular complexity index is 1070. The van der Waals surface area contributed by atoms with Crippen LogP contribution >= 0.6 is 0 Å². The number of alkyl halides is 3. The van der Waals surface area contributed by atoms with Gasteiger partial charge in [-0.2, -0.15) is 13.2 Å². The lowest BCUT2D eigenvalue weighted by Crippen LogP contribution is -2.28. The topological polar surface area (TPSA) is 71.3 Å². The van der Waals surface area contributed by atoms with Gasteiger partial charge < -0.3 is 15.0 Å². The first-order chi connectivity index (χ1) is 14.8. The zero-order valence-corrected chi connectivity index (χ0v) is 17.1. The van der Waals surface area contributed by atoms with Crippen LogP contribution in [0.4, 0.5) is 19.0 Å². The molecule has 0 saturated heterocycles. The molecule has 0 radical (unpaired) electrons. The molecule has 2 aromatic heterocycles. The molecule has 164 valence electrons. The van der Waals surface area contributed by atoms with Crippen LogP contribution in [0.2, 0.25) is 0 Å². The van der Waals surface area contributed by atoms with E-state index < -0.39 is 17.8 Å². The van der Waals surface area contributed by atoms with E-state index in [4.69, 9.17) is 0 Å². The predicted octanol–water partition coefficient (Wildman–Crippen LogP) is 4.84. The Morgan fingerprint density at radius 1 is 1.29 bits per heavy atom. The number of amides is 1. The van der Waals surface area contributed by atoms with Crippen molar-refractivity contribution in [1.82, 2.24) is 19.7 Å². The minimum atomic E-state index is -4.40. The van der Waals surface area contributed by atoms with Crippen LogP contribution < -0.4 is 10.6 Å². The van der Waals surface area contributed by atoms with Crippen molar-refractivity contribution in [3.8, 4) is 0 Å². The van der Waals surface area contributed by atoms with E-state index in [-0.39, 0.29) is 11.6 Å². The second-order valence-electron chi connectivity index (χ2n) is 7.98. The molecule has 0 unspecified atom stereocenters. The third kappa shape index (κ3) is 4.81. The lowest BCUT2D eigenvalue weighted by molar-refractivity contribution is -0.137. The predicted molar refractivity (Wildman–Crippen MR) is 111 cm³/mol. The van der Waals surface area contributed by atoms with E-state index in [9.17, 15) is 18.0 Å². The van der Waals surface area contributed by atoms with Crippen LogP contribution in [-0.2, 0) is 6.18 Å². The van der Waals surface area contributed by atoms with Crippen LogP contribution in [0, 0.1) is 5.92 Å². The molecular weight excluding hydrogens is 407 g/mol. The number of carbonyl (C=O) groups is 1. The number of anilines is 1. The van der Waals surface area contributed by atoms with Gasteiger partial charge in [0, 0.05) is 25.1 Å². The summed E-state index contributed by atoms with van der Waals surface area (Å²) in [4.78, 5) is 21.2. The number of halogens is 3. The summed E-state index contributed by atoms with van der Waals surface area (Å²) in [6, 6.07) is 4.72. The SMILES string of the molecule is C[C@@H](Nc1nccn2cc(C(=O)NCC3CCCC3)nc12)c1cccc(C(F)(F)F)c1. The maximum atomic E-state index is 13.0. The van der Waals surface area contributed by atoms with Gasteiger partial charge in [-0.1, -0.05) is 25.0 Å². The number of hydrogen-bond acceptors (Lipinski definition) is 4. The van der Waals surface area contributed by atoms with Crippen molar-refractivity contribution in [1.29, 1.82) is 0 Å². The van der Waals surface area contributed by atoms with E-state index in [1.165, 1.54) is 18.9 Å². The van der Waals surface area contributed by atoms with Crippen molar-refractivity contribution in [2.45, 2.75) is 44.8 Å². The summed E-state index contributed by atoms with van der Waals surface area (Å²) in [5, 5.41) is 6.06. The summed E-state index contributed by atoms with van der Waals surface area (Å²) in [5.41, 5.74) is 0.486. The normalized spacial score (nSPS) is 15.9. The van der Waals surface area contributed by atoms with Gasteiger partial charge in [0.25, 0.3) is 5.91 Å². The fourth-order valence-electron chi connectivity index (χ4n) is 3.95. The Kier molecular flexibility index (Phi) is 5.84. The van der Waals surface area contributed by atoms with Crippen molar-refractivity contribution < 1.29 is 18.0 Å². The van der Waals surface area contributed by atoms with Gasteiger partial charge in [-0.15, -0.1) is 0 Å². The smallest absolute Gasteiger partial charge is 0.360 e. The molecule has 6 nitrogen and oxygen atoms in total. The van der Waals surface area contributed by atoms with Gasteiger partial charge in [-0.05, 0) is 43.4 Å². The van der Waals surface area contributed by atoms with E-state index in [1.807, 2.05) is 0 Å². The molecule has 31 heavy (non-hydrogen) atoms. The van der Waals surface area contributed by atoms with E-state index in [0.717, 1.165) is 25.0 Å². The number of carbonyl (C=O) groups excluding carboxylic acids is 1. The minimum absolute atomic E-state index is 0.243. The van der Waals surface area contributed by atoms with E-state index in [1.54, 1.807) is 36.0 Å². The highest BCUT2D eigenvalue weighted by Gasteiger charge is 2.30. The lowest BCUT2D eigenvalue weighted by atomic mass is 10.0. The van der Waals surface area contributed by atoms with Gasteiger partial charge in [0.2, 0.25) is 0 Å². The Labute approximate surface area is 177 Å². The monoisotopic (exact) mass is 431 g/mol. The number of fused-ring (bicyclic) bond motifs is 1. The van der Waals surface area contributed by atoms with Crippen LogP contribution in [0.3, 0.4) is 0 Å². The molecule has 1 amide bonds. The molecule has 0 bridgehead atoms. The first-order valence-electron chi connectivity index (χ1n) is 10.4. The Balaban J connectivity index is 1.51. The van der Waals surface area contributed by atoms with Gasteiger partial charge >= 0.3 is 6.18 Å². The lowest BCUT2D eigenvalue weighted by Gasteiger charge is -2.17. The number of imidazole rings is 1. The summed E-state index contributed by atoms with van der Waals surface area (Å²) >= 11 is 0. The maximum Gasteiger partial charge on any atom is 0.416 e. The molecular formula is C22H24F3N5O. The number of rotatable bonds is 6. The molecule has 2 N–H and O–H groups in total. The molecule has 0 aliphatic heterocycles. The fraction of sp³-hybridized carbons (Fsp3) is 0.409. The molecule has 1 aliphatic carbocycles. The second kappa shape index (κ2) is 8.56. The van der Waals surface area contributed by atoms with E-state index >= 15 is 0 Å². The van der Waals surface area contributed by atoms with Crippen molar-refractivity contribution in [2.75, 3.05) is 11.9 Å². The fourth-order valence-corrected chi connectivity index (χ4v) is 3.95. The van der Waals surface area contributed by atoms with Crippen LogP contribution in [0.25, 0.3) is 5.65 Å². The van der Waals surface area contributed by atoms with Crippen LogP contribution in [0.15, 0.2) is 42.9 Å². The third-order valence-corrected chi connectivity index (χ3v) is 5.70. The van der Waals surface area contributed by atoms with Crippen LogP contribution in [0.5, 0.6) is 0 Å². The maximum absolute atomic E-state index is 13.0. The molecule has 1 fully saturated rings. The zero-order valence-electron chi connectivity index (χ0n) is 17.1. The second-order valence-corrected chi connectivity index (χ2v) is 7.98. The average Bonchev–Trinajstić information content (AvgIpc) is 3.42. The van der Waals surface area contributed by atoms with Crippen LogP contribution in [0.1, 0.15) is 60.3 Å². The largest absolute Gasteiger partial charge is 0.416 e. The van der Waals surface area contributed by atoms with Crippen molar-refractivity contribution in [2.24, 2.45) is 5.92 Å². The molecule has 4 rings (SSSR count). The molecule has 1 aromatic carbocycles. The average molecular weight is 431 g/mol. The van der Waals surface area contributed by atoms with Crippen molar-refractivity contribution in [3.05, 3.63) is 59.7 Å². The van der Waals surface area contributed by atoms with Gasteiger partial charge in [0.1, 0.15) is 5.69 Å². The number of benzene rings is 1. The molecule has 2 heterocycles. The number of nitrogens with one attached hydrogen (secondary N) is 2. The minimum Gasteiger partial charge on any atom is -0.360 e. The highest BCUT2D eigenvalue weighted by atomic mass is 19.4. The standard InChI is InChI=1S/C22H24F3N5O/c1-14(16-7-4-8-17(11-16)22(23,24)25)28-19-20-29-18(13-30(20)10-9-26-19)21(31)27-12-15-5-2-3-6-15/h4,7-11,13-15H,2-3,5-6,12H2,1H3,(H,26,28)(H,27,31)/t14-/m1/s1. The highest BCUT2D eigenvalue weighted by molar-refractivity contribution is 5.93. The highest BCUT2D eigenvalue weighted by Crippen LogP contribution is 2.31. The molecule has 0 spiro atoms. The van der Waals surface area contributed by atoms with Gasteiger partial charge in [0.15, 0.2) is 11.5 Å². The molecule has 1 aliphatic rings. The van der Waals surface area contributed by atoms with Crippen LogP contribution in [-0.4, -0.2) is 26.8 Å². The van der Waals surface area contributed by atoms with Crippen molar-refractivity contribution in [3.63, 3.8) is 0 Å². The number of nitrogens with zero attached hydrogens (tertiary/aromatic N) is 3. The summed E-state index contributed by atoms with van der Waals surface area (Å²) < 4.78 is 40.7. The van der Waals surface area contributed by atoms with E-state index in [2.05, 4.69) is 20.6 Å². The van der Waals surface area contributed by atoms with E-state index in [0.29, 0.717) is 29.5 Å². The summed E-state index contributed by atoms with van der Waals surface area (Å²) in [7, 11) is 0. The Morgan fingerprint density at radius 2 is 2.06 bits per heavy atom. The number of aromatic nitrogens is 3. The van der Waals surface area contributed by atoms with Gasteiger partial charge in [-0.3, -0.25) is 4.79 Å². The molecule has 3 aromatic rings. The summed E-state index contributed by atoms with van der Waals surface area (Å²) in [6.07, 6.45) is 5.14. The summed E-state index contributed by atoms with van der Waals surface area (Å²) in [5.74, 6) is 0.669. The zero-order chi connectivity index (χ0) is 22.0.